The molecule has 0 spiro atoms. The molecule has 0 fully saturated rings. The molecular formula is C46H78N4O4. The van der Waals surface area contributed by atoms with Gasteiger partial charge in [0.2, 0.25) is 11.8 Å². The van der Waals surface area contributed by atoms with Crippen LogP contribution in [0.5, 0.6) is 11.5 Å². The largest absolute Gasteiger partial charge is 0.494 e. The highest BCUT2D eigenvalue weighted by molar-refractivity contribution is 5.83. The monoisotopic (exact) mass is 751 g/mol. The van der Waals surface area contributed by atoms with Crippen LogP contribution in [0.1, 0.15) is 155 Å². The third kappa shape index (κ3) is 21.7. The lowest BCUT2D eigenvalue weighted by molar-refractivity contribution is -0.126. The van der Waals surface area contributed by atoms with Gasteiger partial charge >= 0.3 is 0 Å². The molecule has 0 aliphatic carbocycles. The molecule has 2 atom stereocenters. The first-order valence-electron chi connectivity index (χ1n) is 21.7. The molecule has 0 aliphatic rings. The fraction of sp³-hybridized carbons (Fsp3) is 0.696. The summed E-state index contributed by atoms with van der Waals surface area (Å²) < 4.78 is 11.9. The average molecular weight is 751 g/mol. The first-order valence-corrected chi connectivity index (χ1v) is 21.7. The van der Waals surface area contributed by atoms with Gasteiger partial charge in [0.15, 0.2) is 0 Å². The lowest BCUT2D eigenvalue weighted by Crippen LogP contribution is -2.51. The van der Waals surface area contributed by atoms with Crippen LogP contribution in [0.4, 0.5) is 0 Å². The molecule has 0 aromatic heterocycles. The molecule has 0 heterocycles. The Morgan fingerprint density at radius 2 is 0.796 bits per heavy atom. The quantitative estimate of drug-likeness (QED) is 0.0542. The number of amides is 2. The molecule has 2 rings (SSSR count). The first kappa shape index (κ1) is 47.1. The van der Waals surface area contributed by atoms with Gasteiger partial charge in [-0.05, 0) is 60.1 Å². The summed E-state index contributed by atoms with van der Waals surface area (Å²) in [5.41, 5.74) is 2.21. The van der Waals surface area contributed by atoms with E-state index in [4.69, 9.17) is 9.47 Å². The van der Waals surface area contributed by atoms with Crippen LogP contribution in [0.25, 0.3) is 0 Å². The highest BCUT2D eigenvalue weighted by Gasteiger charge is 2.23. The molecular weight excluding hydrogens is 673 g/mol. The molecule has 8 nitrogen and oxygen atoms in total. The fourth-order valence-corrected chi connectivity index (χ4v) is 6.57. The van der Waals surface area contributed by atoms with E-state index in [1.165, 1.54) is 89.9 Å². The molecule has 0 radical (unpaired) electrons. The minimum Gasteiger partial charge on any atom is -0.494 e. The van der Waals surface area contributed by atoms with Crippen molar-refractivity contribution >= 4 is 11.8 Å². The van der Waals surface area contributed by atoms with Crippen molar-refractivity contribution in [1.29, 1.82) is 0 Å². The van der Waals surface area contributed by atoms with Crippen LogP contribution in [-0.4, -0.2) is 50.2 Å². The number of hydrogen-bond donors (Lipinski definition) is 4. The summed E-state index contributed by atoms with van der Waals surface area (Å²) in [5.74, 6) is 1.88. The maximum Gasteiger partial charge on any atom is 0.237 e. The van der Waals surface area contributed by atoms with Crippen molar-refractivity contribution in [3.8, 4) is 11.5 Å². The highest BCUT2D eigenvalue weighted by atomic mass is 16.5. The van der Waals surface area contributed by atoms with E-state index in [0.717, 1.165) is 48.7 Å². The maximum atomic E-state index is 13.1. The Hall–Kier alpha value is -3.10. The summed E-state index contributed by atoms with van der Waals surface area (Å²) in [6.07, 6.45) is 20.6. The van der Waals surface area contributed by atoms with Gasteiger partial charge in [0.05, 0.1) is 25.3 Å². The van der Waals surface area contributed by atoms with Crippen molar-refractivity contribution in [3.63, 3.8) is 0 Å². The lowest BCUT2D eigenvalue weighted by Gasteiger charge is -2.23. The molecule has 0 saturated carbocycles. The maximum absolute atomic E-state index is 13.1. The predicted molar refractivity (Wildman–Crippen MR) is 226 cm³/mol. The van der Waals surface area contributed by atoms with Crippen molar-refractivity contribution in [1.82, 2.24) is 21.3 Å². The molecule has 8 heteroatoms. The molecule has 4 N–H and O–H groups in total. The zero-order chi connectivity index (χ0) is 39.2. The normalized spacial score (nSPS) is 12.5. The summed E-state index contributed by atoms with van der Waals surface area (Å²) in [6.45, 7) is 16.1. The molecule has 2 aromatic rings. The molecule has 2 aromatic carbocycles. The van der Waals surface area contributed by atoms with Gasteiger partial charge in [0.1, 0.15) is 11.5 Å². The van der Waals surface area contributed by atoms with Crippen LogP contribution in [0, 0.1) is 11.8 Å². The van der Waals surface area contributed by atoms with E-state index < -0.39 is 0 Å². The summed E-state index contributed by atoms with van der Waals surface area (Å²) in [7, 11) is 0. The van der Waals surface area contributed by atoms with Crippen LogP contribution in [0.15, 0.2) is 48.5 Å². The molecule has 0 saturated heterocycles. The van der Waals surface area contributed by atoms with E-state index in [-0.39, 0.29) is 35.7 Å². The summed E-state index contributed by atoms with van der Waals surface area (Å²) in [6, 6.07) is 15.6. The van der Waals surface area contributed by atoms with Crippen LogP contribution >= 0.6 is 0 Å². The van der Waals surface area contributed by atoms with Crippen LogP contribution in [0.3, 0.4) is 0 Å². The van der Waals surface area contributed by atoms with E-state index in [1.807, 2.05) is 52.0 Å². The fourth-order valence-electron chi connectivity index (χ4n) is 6.57. The third-order valence-electron chi connectivity index (χ3n) is 10.1. The highest BCUT2D eigenvalue weighted by Crippen LogP contribution is 2.16. The van der Waals surface area contributed by atoms with Crippen LogP contribution in [-0.2, 0) is 22.7 Å². The smallest absolute Gasteiger partial charge is 0.237 e. The number of rotatable bonds is 33. The van der Waals surface area contributed by atoms with Gasteiger partial charge in [-0.3, -0.25) is 9.59 Å². The van der Waals surface area contributed by atoms with E-state index in [9.17, 15) is 9.59 Å². The van der Waals surface area contributed by atoms with E-state index in [1.54, 1.807) is 0 Å². The number of ether oxygens (including phenoxy) is 2. The van der Waals surface area contributed by atoms with Gasteiger partial charge in [0, 0.05) is 26.2 Å². The van der Waals surface area contributed by atoms with E-state index in [2.05, 4.69) is 59.4 Å². The molecule has 2 amide bonds. The number of carbonyl (C=O) groups is 2. The minimum atomic E-state index is -0.342. The standard InChI is InChI=1S/C46H78N4O4/c1-7-9-11-13-15-17-19-21-33-53-41-27-23-39(24-28-41)35-49-43(37(3)4)45(51)47-31-32-48-46(52)44(38(5)6)50-36-40-25-29-42(30-26-40)54-34-22-20-18-16-14-12-10-8-2/h23-30,37-38,43-44,49-50H,7-22,31-36H2,1-6H3,(H,47,51)(H,48,52)/t43-,44-/m0/s1. The molecule has 54 heavy (non-hydrogen) atoms. The zero-order valence-corrected chi connectivity index (χ0v) is 35.1. The van der Waals surface area contributed by atoms with Crippen molar-refractivity contribution in [2.75, 3.05) is 26.3 Å². The lowest BCUT2D eigenvalue weighted by atomic mass is 10.0. The SMILES string of the molecule is CCCCCCCCCCOc1ccc(CN[C@H](C(=O)NCCNC(=O)[C@@H](NCc2ccc(OCCCCCCCCCC)cc2)C(C)C)C(C)C)cc1. The summed E-state index contributed by atoms with van der Waals surface area (Å²) >= 11 is 0. The molecule has 0 unspecified atom stereocenters. The van der Waals surface area contributed by atoms with Gasteiger partial charge < -0.3 is 30.7 Å². The zero-order valence-electron chi connectivity index (χ0n) is 35.1. The average Bonchev–Trinajstić information content (AvgIpc) is 3.16. The number of benzene rings is 2. The van der Waals surface area contributed by atoms with Crippen molar-refractivity contribution < 1.29 is 19.1 Å². The van der Waals surface area contributed by atoms with Crippen LogP contribution < -0.4 is 30.7 Å². The number of carbonyl (C=O) groups excluding carboxylic acids is 2. The molecule has 306 valence electrons. The predicted octanol–water partition coefficient (Wildman–Crippen LogP) is 9.89. The van der Waals surface area contributed by atoms with E-state index in [0.29, 0.717) is 26.2 Å². The van der Waals surface area contributed by atoms with Gasteiger partial charge in [0.25, 0.3) is 0 Å². The van der Waals surface area contributed by atoms with Gasteiger partial charge in [-0.15, -0.1) is 0 Å². The second kappa shape index (κ2) is 30.2. The van der Waals surface area contributed by atoms with Crippen LogP contribution in [0.2, 0.25) is 0 Å². The Balaban J connectivity index is 1.64. The first-order chi connectivity index (χ1) is 26.2. The van der Waals surface area contributed by atoms with Gasteiger partial charge in [-0.2, -0.15) is 0 Å². The Labute approximate surface area is 330 Å². The molecule has 0 bridgehead atoms. The summed E-state index contributed by atoms with van der Waals surface area (Å²) in [5, 5.41) is 12.9. The van der Waals surface area contributed by atoms with Gasteiger partial charge in [-0.25, -0.2) is 0 Å². The van der Waals surface area contributed by atoms with Crippen molar-refractivity contribution in [2.45, 2.75) is 169 Å². The Kier molecular flexibility index (Phi) is 26.3. The minimum absolute atomic E-state index is 0.0617. The topological polar surface area (TPSA) is 101 Å². The number of unbranched alkanes of at least 4 members (excludes halogenated alkanes) is 14. The second-order valence-corrected chi connectivity index (χ2v) is 15.7. The van der Waals surface area contributed by atoms with E-state index >= 15 is 0 Å². The van der Waals surface area contributed by atoms with Crippen molar-refractivity contribution in [2.24, 2.45) is 11.8 Å². The molecule has 0 aliphatic heterocycles. The van der Waals surface area contributed by atoms with Crippen molar-refractivity contribution in [3.05, 3.63) is 59.7 Å². The van der Waals surface area contributed by atoms with Gasteiger partial charge in [-0.1, -0.05) is 156 Å². The third-order valence-corrected chi connectivity index (χ3v) is 10.1. The number of hydrogen-bond acceptors (Lipinski definition) is 6. The summed E-state index contributed by atoms with van der Waals surface area (Å²) in [4.78, 5) is 26.2. The Morgan fingerprint density at radius 3 is 1.11 bits per heavy atom. The Bertz CT molecular complexity index is 1120. The number of nitrogens with one attached hydrogen (secondary N) is 4. The Morgan fingerprint density at radius 1 is 0.481 bits per heavy atom. The second-order valence-electron chi connectivity index (χ2n) is 15.7.